The second kappa shape index (κ2) is 5.86. The fourth-order valence-electron chi connectivity index (χ4n) is 3.60. The Bertz CT molecular complexity index is 1470. The molecule has 6 aromatic heterocycles. The molecule has 0 saturated heterocycles. The SMILES string of the molecule is Cc1cn(-c2cncc3[nH]c(-c4[nH]nc5ncc(-c6cn[nH]c6)cc45)cc23)cn1. The van der Waals surface area contributed by atoms with Gasteiger partial charge in [0.2, 0.25) is 0 Å². The van der Waals surface area contributed by atoms with Crippen LogP contribution in [0.4, 0.5) is 0 Å². The van der Waals surface area contributed by atoms with Crippen molar-refractivity contribution in [1.82, 2.24) is 44.9 Å². The Morgan fingerprint density at radius 3 is 2.76 bits per heavy atom. The van der Waals surface area contributed by atoms with E-state index < -0.39 is 0 Å². The van der Waals surface area contributed by atoms with E-state index in [1.807, 2.05) is 36.3 Å². The molecule has 9 heteroatoms. The molecule has 29 heavy (non-hydrogen) atoms. The van der Waals surface area contributed by atoms with Crippen LogP contribution in [0.5, 0.6) is 0 Å². The van der Waals surface area contributed by atoms with Crippen molar-refractivity contribution in [2.24, 2.45) is 0 Å². The zero-order valence-corrected chi connectivity index (χ0v) is 15.4. The van der Waals surface area contributed by atoms with E-state index in [1.54, 1.807) is 18.7 Å². The molecular weight excluding hydrogens is 366 g/mol. The lowest BCUT2D eigenvalue weighted by Crippen LogP contribution is -1.91. The van der Waals surface area contributed by atoms with Gasteiger partial charge in [0.25, 0.3) is 0 Å². The van der Waals surface area contributed by atoms with Crippen molar-refractivity contribution < 1.29 is 0 Å². The average molecular weight is 381 g/mol. The number of hydrogen-bond acceptors (Lipinski definition) is 5. The lowest BCUT2D eigenvalue weighted by atomic mass is 10.1. The van der Waals surface area contributed by atoms with Crippen LogP contribution < -0.4 is 0 Å². The highest BCUT2D eigenvalue weighted by Crippen LogP contribution is 2.32. The summed E-state index contributed by atoms with van der Waals surface area (Å²) in [6.07, 6.45) is 12.9. The monoisotopic (exact) mass is 381 g/mol. The van der Waals surface area contributed by atoms with Crippen LogP contribution in [0.1, 0.15) is 5.69 Å². The number of pyridine rings is 2. The minimum atomic E-state index is 0.662. The molecule has 0 aliphatic heterocycles. The Hall–Kier alpha value is -4.27. The van der Waals surface area contributed by atoms with Crippen LogP contribution >= 0.6 is 0 Å². The largest absolute Gasteiger partial charge is 0.352 e. The predicted molar refractivity (Wildman–Crippen MR) is 108 cm³/mol. The summed E-state index contributed by atoms with van der Waals surface area (Å²) in [6.45, 7) is 1.97. The van der Waals surface area contributed by atoms with Crippen LogP contribution in [0.25, 0.3) is 50.1 Å². The minimum Gasteiger partial charge on any atom is -0.352 e. The highest BCUT2D eigenvalue weighted by atomic mass is 15.2. The molecule has 0 aliphatic carbocycles. The zero-order chi connectivity index (χ0) is 19.4. The molecule has 0 radical (unpaired) electrons. The van der Waals surface area contributed by atoms with E-state index in [0.717, 1.165) is 50.2 Å². The predicted octanol–water partition coefficient (Wildman–Crippen LogP) is 3.39. The van der Waals surface area contributed by atoms with Crippen LogP contribution in [0.3, 0.4) is 0 Å². The van der Waals surface area contributed by atoms with Crippen molar-refractivity contribution in [2.75, 3.05) is 0 Å². The van der Waals surface area contributed by atoms with Gasteiger partial charge in [-0.1, -0.05) is 0 Å². The normalized spacial score (nSPS) is 11.6. The maximum atomic E-state index is 4.48. The Balaban J connectivity index is 1.53. The maximum absolute atomic E-state index is 4.48. The number of aryl methyl sites for hydroxylation is 1. The summed E-state index contributed by atoms with van der Waals surface area (Å²) in [5.74, 6) is 0. The van der Waals surface area contributed by atoms with Gasteiger partial charge in [-0.2, -0.15) is 10.2 Å². The molecule has 9 nitrogen and oxygen atoms in total. The molecule has 0 aromatic carbocycles. The number of aromatic amines is 3. The molecule has 6 aromatic rings. The number of aromatic nitrogens is 9. The highest BCUT2D eigenvalue weighted by molar-refractivity contribution is 5.97. The standard InChI is InChI=1S/C20H15N9/c1-11-9-29(10-23-11)18-8-21-7-17-14(18)3-16(26-17)19-15-2-12(13-5-24-25-6-13)4-22-20(15)28-27-19/h2-10,26H,1H3,(H,24,25)(H,22,27,28). The number of hydrogen-bond donors (Lipinski definition) is 3. The van der Waals surface area contributed by atoms with Crippen molar-refractivity contribution in [3.05, 3.63) is 61.3 Å². The van der Waals surface area contributed by atoms with Crippen molar-refractivity contribution in [2.45, 2.75) is 6.92 Å². The van der Waals surface area contributed by atoms with E-state index in [9.17, 15) is 0 Å². The summed E-state index contributed by atoms with van der Waals surface area (Å²) in [7, 11) is 0. The molecule has 0 atom stereocenters. The number of fused-ring (bicyclic) bond motifs is 2. The van der Waals surface area contributed by atoms with Crippen LogP contribution in [0, 0.1) is 6.92 Å². The average Bonchev–Trinajstić information content (AvgIpc) is 3.51. The quantitative estimate of drug-likeness (QED) is 0.434. The van der Waals surface area contributed by atoms with Crippen LogP contribution in [0.15, 0.2) is 55.6 Å². The number of nitrogens with one attached hydrogen (secondary N) is 3. The smallest absolute Gasteiger partial charge is 0.181 e. The van der Waals surface area contributed by atoms with Gasteiger partial charge in [0.1, 0.15) is 0 Å². The third-order valence-corrected chi connectivity index (χ3v) is 5.02. The van der Waals surface area contributed by atoms with E-state index in [1.165, 1.54) is 0 Å². The number of imidazole rings is 1. The van der Waals surface area contributed by atoms with Gasteiger partial charge in [-0.15, -0.1) is 0 Å². The third-order valence-electron chi connectivity index (χ3n) is 5.02. The van der Waals surface area contributed by atoms with Gasteiger partial charge in [0.15, 0.2) is 5.65 Å². The first-order chi connectivity index (χ1) is 14.3. The van der Waals surface area contributed by atoms with Crippen LogP contribution in [-0.2, 0) is 0 Å². The Morgan fingerprint density at radius 1 is 0.966 bits per heavy atom. The van der Waals surface area contributed by atoms with E-state index in [-0.39, 0.29) is 0 Å². The van der Waals surface area contributed by atoms with Gasteiger partial charge in [-0.25, -0.2) is 9.97 Å². The molecule has 0 bridgehead atoms. The number of H-pyrrole nitrogens is 3. The number of nitrogens with zero attached hydrogens (tertiary/aromatic N) is 6. The van der Waals surface area contributed by atoms with Crippen molar-refractivity contribution in [1.29, 1.82) is 0 Å². The summed E-state index contributed by atoms with van der Waals surface area (Å²) in [5, 5.41) is 16.3. The minimum absolute atomic E-state index is 0.662. The second-order valence-electron chi connectivity index (χ2n) is 6.91. The summed E-state index contributed by atoms with van der Waals surface area (Å²) < 4.78 is 1.98. The molecule has 0 fully saturated rings. The summed E-state index contributed by atoms with van der Waals surface area (Å²) >= 11 is 0. The maximum Gasteiger partial charge on any atom is 0.181 e. The molecule has 0 amide bonds. The molecule has 0 aliphatic rings. The summed E-state index contributed by atoms with van der Waals surface area (Å²) in [5.41, 5.74) is 7.26. The van der Waals surface area contributed by atoms with E-state index in [4.69, 9.17) is 0 Å². The molecule has 0 unspecified atom stereocenters. The second-order valence-corrected chi connectivity index (χ2v) is 6.91. The van der Waals surface area contributed by atoms with Gasteiger partial charge < -0.3 is 9.55 Å². The Morgan fingerprint density at radius 2 is 1.93 bits per heavy atom. The molecule has 6 rings (SSSR count). The first-order valence-corrected chi connectivity index (χ1v) is 9.07. The molecule has 6 heterocycles. The van der Waals surface area contributed by atoms with E-state index in [2.05, 4.69) is 52.5 Å². The first kappa shape index (κ1) is 15.8. The van der Waals surface area contributed by atoms with Gasteiger partial charge >= 0.3 is 0 Å². The van der Waals surface area contributed by atoms with Crippen molar-refractivity contribution in [3.63, 3.8) is 0 Å². The van der Waals surface area contributed by atoms with Crippen molar-refractivity contribution in [3.8, 4) is 28.2 Å². The highest BCUT2D eigenvalue weighted by Gasteiger charge is 2.15. The fourth-order valence-corrected chi connectivity index (χ4v) is 3.60. The molecule has 3 N–H and O–H groups in total. The van der Waals surface area contributed by atoms with Gasteiger partial charge in [-0.05, 0) is 19.1 Å². The van der Waals surface area contributed by atoms with Crippen LogP contribution in [0.2, 0.25) is 0 Å². The van der Waals surface area contributed by atoms with Gasteiger partial charge in [0.05, 0.1) is 53.2 Å². The third kappa shape index (κ3) is 2.44. The lowest BCUT2D eigenvalue weighted by molar-refractivity contribution is 1.05. The summed E-state index contributed by atoms with van der Waals surface area (Å²) in [6, 6.07) is 4.16. The van der Waals surface area contributed by atoms with Gasteiger partial charge in [-0.3, -0.25) is 15.2 Å². The number of rotatable bonds is 3. The first-order valence-electron chi connectivity index (χ1n) is 9.07. The topological polar surface area (TPSA) is 117 Å². The van der Waals surface area contributed by atoms with Gasteiger partial charge in [0, 0.05) is 40.5 Å². The van der Waals surface area contributed by atoms with Crippen molar-refractivity contribution >= 4 is 21.9 Å². The van der Waals surface area contributed by atoms with E-state index in [0.29, 0.717) is 5.65 Å². The van der Waals surface area contributed by atoms with Crippen LogP contribution in [-0.4, -0.2) is 44.9 Å². The molecular formula is C20H15N9. The summed E-state index contributed by atoms with van der Waals surface area (Å²) in [4.78, 5) is 16.6. The fraction of sp³-hybridized carbons (Fsp3) is 0.0500. The molecule has 140 valence electrons. The Labute approximate surface area is 163 Å². The Kier molecular flexibility index (Phi) is 3.19. The van der Waals surface area contributed by atoms with E-state index >= 15 is 0 Å². The molecule has 0 saturated carbocycles. The lowest BCUT2D eigenvalue weighted by Gasteiger charge is -2.02. The zero-order valence-electron chi connectivity index (χ0n) is 15.4. The molecule has 0 spiro atoms.